The molecule has 0 bridgehead atoms. The molecule has 9 N–H and O–H groups in total. The number of nitrogens with two attached hydrogens (primary N) is 1. The molecule has 2 aromatic heterocycles. The zero-order chi connectivity index (χ0) is 29.9. The Labute approximate surface area is 239 Å². The van der Waals surface area contributed by atoms with Gasteiger partial charge >= 0.3 is 11.9 Å². The van der Waals surface area contributed by atoms with Gasteiger partial charge in [0.05, 0.1) is 18.8 Å². The van der Waals surface area contributed by atoms with Crippen molar-refractivity contribution in [2.75, 3.05) is 12.0 Å². The molecule has 0 saturated heterocycles. The molecule has 15 heteroatoms. The lowest BCUT2D eigenvalue weighted by atomic mass is 10.0. The number of nitrogens with one attached hydrogen (secondary N) is 5. The highest BCUT2D eigenvalue weighted by Gasteiger charge is 2.31. The maximum absolute atomic E-state index is 13.4. The van der Waals surface area contributed by atoms with Gasteiger partial charge in [-0.05, 0) is 36.5 Å². The van der Waals surface area contributed by atoms with Gasteiger partial charge in [0.1, 0.15) is 18.1 Å². The van der Waals surface area contributed by atoms with E-state index in [0.29, 0.717) is 11.4 Å². The van der Waals surface area contributed by atoms with E-state index >= 15 is 0 Å². The number of imidazole rings is 1. The molecule has 0 fully saturated rings. The number of para-hydroxylation sites is 1. The van der Waals surface area contributed by atoms with E-state index in [4.69, 9.17) is 10.8 Å². The van der Waals surface area contributed by atoms with Crippen LogP contribution in [0.5, 0.6) is 0 Å². The van der Waals surface area contributed by atoms with Crippen LogP contribution in [-0.2, 0) is 36.8 Å². The molecule has 0 aliphatic heterocycles. The summed E-state index contributed by atoms with van der Waals surface area (Å²) in [7, 11) is 0. The van der Waals surface area contributed by atoms with Crippen molar-refractivity contribution in [1.82, 2.24) is 30.9 Å². The Hall–Kier alpha value is -4.37. The second kappa shape index (κ2) is 14.9. The van der Waals surface area contributed by atoms with Crippen LogP contribution in [0.3, 0.4) is 0 Å². The Morgan fingerprint density at radius 2 is 1.63 bits per heavy atom. The molecule has 41 heavy (non-hydrogen) atoms. The van der Waals surface area contributed by atoms with E-state index in [1.807, 2.05) is 24.3 Å². The number of carbonyl (C=O) groups is 5. The lowest BCUT2D eigenvalue weighted by Gasteiger charge is -2.25. The number of fused-ring (bicyclic) bond motifs is 1. The summed E-state index contributed by atoms with van der Waals surface area (Å²) in [6.45, 7) is 0. The number of carboxylic acid groups (broad SMARTS) is 2. The molecule has 3 aromatic rings. The molecule has 4 atom stereocenters. The summed E-state index contributed by atoms with van der Waals surface area (Å²) in [6.07, 6.45) is 5.96. The van der Waals surface area contributed by atoms with Gasteiger partial charge in [0.2, 0.25) is 17.7 Å². The minimum atomic E-state index is -1.68. The van der Waals surface area contributed by atoms with Gasteiger partial charge in [0.25, 0.3) is 0 Å². The molecule has 4 unspecified atom stereocenters. The number of nitrogens with zero attached hydrogens (tertiary/aromatic N) is 1. The first-order chi connectivity index (χ1) is 19.6. The van der Waals surface area contributed by atoms with Crippen molar-refractivity contribution in [2.24, 2.45) is 5.73 Å². The number of amides is 3. The average Bonchev–Trinajstić information content (AvgIpc) is 3.59. The maximum Gasteiger partial charge on any atom is 0.326 e. The van der Waals surface area contributed by atoms with E-state index < -0.39 is 60.2 Å². The number of aromatic amines is 2. The van der Waals surface area contributed by atoms with Gasteiger partial charge in [0.15, 0.2) is 0 Å². The van der Waals surface area contributed by atoms with Gasteiger partial charge in [0, 0.05) is 35.4 Å². The molecule has 1 aromatic carbocycles. The minimum Gasteiger partial charge on any atom is -0.481 e. The fourth-order valence-electron chi connectivity index (χ4n) is 4.16. The van der Waals surface area contributed by atoms with Gasteiger partial charge in [-0.1, -0.05) is 18.2 Å². The Bertz CT molecular complexity index is 1360. The molecule has 0 aliphatic carbocycles. The van der Waals surface area contributed by atoms with Crippen molar-refractivity contribution >= 4 is 52.3 Å². The van der Waals surface area contributed by atoms with Crippen molar-refractivity contribution in [2.45, 2.75) is 49.9 Å². The van der Waals surface area contributed by atoms with Crippen molar-refractivity contribution in [3.8, 4) is 0 Å². The lowest BCUT2D eigenvalue weighted by Crippen LogP contribution is -2.58. The smallest absolute Gasteiger partial charge is 0.326 e. The molecular weight excluding hydrogens is 554 g/mol. The third-order valence-corrected chi connectivity index (χ3v) is 6.94. The predicted octanol–water partition coefficient (Wildman–Crippen LogP) is -0.230. The number of H-pyrrole nitrogens is 2. The summed E-state index contributed by atoms with van der Waals surface area (Å²) in [4.78, 5) is 71.8. The number of rotatable bonds is 16. The summed E-state index contributed by atoms with van der Waals surface area (Å²) in [5, 5.41) is 26.6. The zero-order valence-corrected chi connectivity index (χ0v) is 23.1. The Morgan fingerprint density at radius 3 is 2.29 bits per heavy atom. The molecule has 220 valence electrons. The molecule has 0 spiro atoms. The molecule has 2 heterocycles. The highest BCUT2D eigenvalue weighted by Crippen LogP contribution is 2.19. The van der Waals surface area contributed by atoms with Crippen LogP contribution in [0.15, 0.2) is 43.0 Å². The Morgan fingerprint density at radius 1 is 0.951 bits per heavy atom. The first kappa shape index (κ1) is 31.2. The third kappa shape index (κ3) is 9.08. The van der Waals surface area contributed by atoms with Crippen LogP contribution in [0.4, 0.5) is 0 Å². The Balaban J connectivity index is 1.74. The van der Waals surface area contributed by atoms with E-state index in [9.17, 15) is 29.1 Å². The summed E-state index contributed by atoms with van der Waals surface area (Å²) < 4.78 is 0. The van der Waals surface area contributed by atoms with Crippen LogP contribution in [0.1, 0.15) is 24.1 Å². The molecule has 14 nitrogen and oxygen atoms in total. The second-order valence-electron chi connectivity index (χ2n) is 9.35. The van der Waals surface area contributed by atoms with Crippen molar-refractivity contribution in [1.29, 1.82) is 0 Å². The molecule has 0 radical (unpaired) electrons. The highest BCUT2D eigenvalue weighted by atomic mass is 32.2. The number of thioether (sulfide) groups is 1. The van der Waals surface area contributed by atoms with Gasteiger partial charge in [-0.3, -0.25) is 19.2 Å². The van der Waals surface area contributed by atoms with Crippen LogP contribution >= 0.6 is 11.8 Å². The molecular formula is C26H33N7O7S. The zero-order valence-electron chi connectivity index (χ0n) is 22.3. The number of carbonyl (C=O) groups excluding carboxylic acids is 3. The predicted molar refractivity (Wildman–Crippen MR) is 151 cm³/mol. The fourth-order valence-corrected chi connectivity index (χ4v) is 4.63. The number of hydrogen-bond acceptors (Lipinski definition) is 8. The summed E-state index contributed by atoms with van der Waals surface area (Å²) in [6, 6.07) is 2.55. The summed E-state index contributed by atoms with van der Waals surface area (Å²) >= 11 is 1.40. The highest BCUT2D eigenvalue weighted by molar-refractivity contribution is 7.98. The van der Waals surface area contributed by atoms with Gasteiger partial charge in [-0.15, -0.1) is 0 Å². The quantitative estimate of drug-likeness (QED) is 0.110. The number of aromatic nitrogens is 3. The maximum atomic E-state index is 13.4. The van der Waals surface area contributed by atoms with Gasteiger partial charge in [-0.2, -0.15) is 11.8 Å². The topological polar surface area (TPSA) is 232 Å². The van der Waals surface area contributed by atoms with E-state index in [2.05, 4.69) is 30.9 Å². The van der Waals surface area contributed by atoms with Gasteiger partial charge < -0.3 is 41.9 Å². The SMILES string of the molecule is CSCCC(NC(=O)C(Cc1cnc[nH]1)NC(=O)C(N)Cc1c[nH]c2ccccc12)C(=O)NC(CC(=O)O)C(=O)O. The number of aliphatic carboxylic acids is 2. The van der Waals surface area contributed by atoms with E-state index in [1.165, 1.54) is 24.3 Å². The average molecular weight is 588 g/mol. The van der Waals surface area contributed by atoms with Crippen molar-refractivity contribution < 1.29 is 34.2 Å². The minimum absolute atomic E-state index is 0.00497. The van der Waals surface area contributed by atoms with Crippen molar-refractivity contribution in [3.63, 3.8) is 0 Å². The van der Waals surface area contributed by atoms with Crippen molar-refractivity contribution in [3.05, 3.63) is 54.2 Å². The molecule has 3 amide bonds. The number of hydrogen-bond donors (Lipinski definition) is 8. The fraction of sp³-hybridized carbons (Fsp3) is 0.385. The lowest BCUT2D eigenvalue weighted by molar-refractivity contribution is -0.147. The number of benzene rings is 1. The summed E-state index contributed by atoms with van der Waals surface area (Å²) in [5.41, 5.74) is 8.48. The number of carboxylic acids is 2. The normalized spacial score (nSPS) is 14.0. The van der Waals surface area contributed by atoms with Crippen LogP contribution in [0, 0.1) is 0 Å². The van der Waals surface area contributed by atoms with E-state index in [1.54, 1.807) is 12.5 Å². The van der Waals surface area contributed by atoms with E-state index in [0.717, 1.165) is 16.5 Å². The van der Waals surface area contributed by atoms with Crippen LogP contribution in [-0.4, -0.2) is 91.0 Å². The Kier molecular flexibility index (Phi) is 11.3. The monoisotopic (exact) mass is 587 g/mol. The molecule has 0 saturated carbocycles. The second-order valence-corrected chi connectivity index (χ2v) is 10.3. The van der Waals surface area contributed by atoms with Crippen LogP contribution < -0.4 is 21.7 Å². The summed E-state index contributed by atoms with van der Waals surface area (Å²) in [5.74, 6) is -4.66. The van der Waals surface area contributed by atoms with Crippen LogP contribution in [0.2, 0.25) is 0 Å². The van der Waals surface area contributed by atoms with Crippen LogP contribution in [0.25, 0.3) is 10.9 Å². The van der Waals surface area contributed by atoms with Gasteiger partial charge in [-0.25, -0.2) is 9.78 Å². The molecule has 3 rings (SSSR count). The largest absolute Gasteiger partial charge is 0.481 e. The molecule has 0 aliphatic rings. The van der Waals surface area contributed by atoms with E-state index in [-0.39, 0.29) is 19.3 Å². The standard InChI is InChI=1S/C26H33N7O7S/c1-41-7-6-19(24(37)33-21(26(39)40)10-22(34)35)31-25(38)20(9-15-12-28-13-30-15)32-23(36)17(27)8-14-11-29-18-5-3-2-4-16(14)18/h2-5,11-13,17,19-21,29H,6-10,27H2,1H3,(H,28,30)(H,31,38)(H,32,36)(H,33,37)(H,34,35)(H,39,40). The first-order valence-corrected chi connectivity index (χ1v) is 14.1. The third-order valence-electron chi connectivity index (χ3n) is 6.30. The first-order valence-electron chi connectivity index (χ1n) is 12.7.